The molecule has 0 saturated carbocycles. The fourth-order valence-electron chi connectivity index (χ4n) is 1.78. The molecule has 1 N–H and O–H groups in total. The zero-order valence-electron chi connectivity index (χ0n) is 13.0. The highest BCUT2D eigenvalue weighted by atomic mass is 32.1. The highest BCUT2D eigenvalue weighted by Gasteiger charge is 2.12. The summed E-state index contributed by atoms with van der Waals surface area (Å²) in [6.07, 6.45) is 0. The predicted molar refractivity (Wildman–Crippen MR) is 87.5 cm³/mol. The molecule has 0 aliphatic rings. The van der Waals surface area contributed by atoms with E-state index in [1.165, 1.54) is 11.3 Å². The Bertz CT molecular complexity index is 608. The average Bonchev–Trinajstić information content (AvgIpc) is 2.97. The fraction of sp³-hybridized carbons (Fsp3) is 0.375. The van der Waals surface area contributed by atoms with E-state index in [2.05, 4.69) is 10.3 Å². The molecule has 0 bridgehead atoms. The van der Waals surface area contributed by atoms with Crippen LogP contribution in [0.15, 0.2) is 29.6 Å². The lowest BCUT2D eigenvalue weighted by Gasteiger charge is -2.06. The molecule has 0 unspecified atom stereocenters. The van der Waals surface area contributed by atoms with Crippen molar-refractivity contribution in [3.05, 3.63) is 35.3 Å². The molecule has 0 radical (unpaired) electrons. The van der Waals surface area contributed by atoms with Crippen molar-refractivity contribution in [1.82, 2.24) is 10.3 Å². The van der Waals surface area contributed by atoms with Crippen LogP contribution in [-0.2, 0) is 4.74 Å². The first-order chi connectivity index (χ1) is 10.6. The molecule has 0 spiro atoms. The number of ether oxygens (including phenoxy) is 2. The van der Waals surface area contributed by atoms with E-state index in [0.717, 1.165) is 16.3 Å². The van der Waals surface area contributed by atoms with Gasteiger partial charge in [-0.05, 0) is 38.1 Å². The third-order valence-electron chi connectivity index (χ3n) is 2.81. The first-order valence-electron chi connectivity index (χ1n) is 7.08. The topological polar surface area (TPSA) is 60.5 Å². The molecule has 22 heavy (non-hydrogen) atoms. The molecular formula is C16H20N2O3S. The summed E-state index contributed by atoms with van der Waals surface area (Å²) >= 11 is 1.45. The van der Waals surface area contributed by atoms with Crippen molar-refractivity contribution in [1.29, 1.82) is 0 Å². The molecule has 0 aliphatic heterocycles. The number of hydrogen-bond donors (Lipinski definition) is 1. The van der Waals surface area contributed by atoms with Crippen LogP contribution in [-0.4, -0.2) is 37.3 Å². The Labute approximate surface area is 134 Å². The second-order valence-corrected chi connectivity index (χ2v) is 5.89. The number of carbonyl (C=O) groups is 1. The van der Waals surface area contributed by atoms with Gasteiger partial charge in [0.15, 0.2) is 0 Å². The van der Waals surface area contributed by atoms with Crippen LogP contribution in [0.1, 0.15) is 24.3 Å². The SMILES string of the molecule is COCCOc1ccc(-c2nc(C(=O)NC(C)C)cs2)cc1. The molecule has 0 saturated heterocycles. The molecule has 1 amide bonds. The van der Waals surface area contributed by atoms with Crippen LogP contribution in [0.3, 0.4) is 0 Å². The minimum absolute atomic E-state index is 0.0983. The van der Waals surface area contributed by atoms with E-state index in [-0.39, 0.29) is 11.9 Å². The van der Waals surface area contributed by atoms with Crippen molar-refractivity contribution in [2.45, 2.75) is 19.9 Å². The van der Waals surface area contributed by atoms with Crippen LogP contribution in [0.4, 0.5) is 0 Å². The van der Waals surface area contributed by atoms with Crippen LogP contribution >= 0.6 is 11.3 Å². The van der Waals surface area contributed by atoms with Crippen LogP contribution in [0.2, 0.25) is 0 Å². The lowest BCUT2D eigenvalue weighted by atomic mass is 10.2. The molecule has 5 nitrogen and oxygen atoms in total. The summed E-state index contributed by atoms with van der Waals surface area (Å²) in [4.78, 5) is 16.3. The van der Waals surface area contributed by atoms with Gasteiger partial charge in [-0.2, -0.15) is 0 Å². The Hall–Kier alpha value is -1.92. The summed E-state index contributed by atoms with van der Waals surface area (Å²) in [5, 5.41) is 5.43. The molecule has 0 fully saturated rings. The lowest BCUT2D eigenvalue weighted by Crippen LogP contribution is -2.30. The number of methoxy groups -OCH3 is 1. The van der Waals surface area contributed by atoms with Gasteiger partial charge in [0.1, 0.15) is 23.1 Å². The van der Waals surface area contributed by atoms with Gasteiger partial charge in [0, 0.05) is 24.1 Å². The second kappa shape index (κ2) is 7.91. The van der Waals surface area contributed by atoms with Crippen molar-refractivity contribution >= 4 is 17.2 Å². The van der Waals surface area contributed by atoms with Crippen molar-refractivity contribution in [2.24, 2.45) is 0 Å². The van der Waals surface area contributed by atoms with Gasteiger partial charge in [-0.25, -0.2) is 4.98 Å². The number of hydrogen-bond acceptors (Lipinski definition) is 5. The Balaban J connectivity index is 2.03. The zero-order chi connectivity index (χ0) is 15.9. The van der Waals surface area contributed by atoms with Gasteiger partial charge in [0.25, 0.3) is 5.91 Å². The minimum atomic E-state index is -0.142. The molecule has 6 heteroatoms. The van der Waals surface area contributed by atoms with Gasteiger partial charge in [-0.3, -0.25) is 4.79 Å². The first-order valence-corrected chi connectivity index (χ1v) is 7.96. The number of nitrogens with zero attached hydrogens (tertiary/aromatic N) is 1. The van der Waals surface area contributed by atoms with E-state index >= 15 is 0 Å². The van der Waals surface area contributed by atoms with E-state index in [4.69, 9.17) is 9.47 Å². The number of nitrogens with one attached hydrogen (secondary N) is 1. The third kappa shape index (κ3) is 4.54. The van der Waals surface area contributed by atoms with Crippen molar-refractivity contribution in [3.8, 4) is 16.3 Å². The van der Waals surface area contributed by atoms with E-state index in [0.29, 0.717) is 18.9 Å². The van der Waals surface area contributed by atoms with E-state index in [1.54, 1.807) is 12.5 Å². The number of amides is 1. The number of aromatic nitrogens is 1. The van der Waals surface area contributed by atoms with Crippen LogP contribution in [0, 0.1) is 0 Å². The fourth-order valence-corrected chi connectivity index (χ4v) is 2.59. The maximum absolute atomic E-state index is 11.9. The third-order valence-corrected chi connectivity index (χ3v) is 3.71. The van der Waals surface area contributed by atoms with Crippen molar-refractivity contribution < 1.29 is 14.3 Å². The van der Waals surface area contributed by atoms with E-state index in [9.17, 15) is 4.79 Å². The summed E-state index contributed by atoms with van der Waals surface area (Å²) in [6, 6.07) is 7.75. The summed E-state index contributed by atoms with van der Waals surface area (Å²) < 4.78 is 10.5. The Morgan fingerprint density at radius 1 is 1.27 bits per heavy atom. The standard InChI is InChI=1S/C16H20N2O3S/c1-11(2)17-15(19)14-10-22-16(18-14)12-4-6-13(7-5-12)21-9-8-20-3/h4-7,10-11H,8-9H2,1-3H3,(H,17,19). The largest absolute Gasteiger partial charge is 0.491 e. The summed E-state index contributed by atoms with van der Waals surface area (Å²) in [5.41, 5.74) is 1.42. The number of thiazole rings is 1. The summed E-state index contributed by atoms with van der Waals surface area (Å²) in [7, 11) is 1.64. The zero-order valence-corrected chi connectivity index (χ0v) is 13.8. The molecule has 0 atom stereocenters. The summed E-state index contributed by atoms with van der Waals surface area (Å²) in [6.45, 7) is 4.93. The van der Waals surface area contributed by atoms with Crippen LogP contribution in [0.5, 0.6) is 5.75 Å². The average molecular weight is 320 g/mol. The highest BCUT2D eigenvalue weighted by molar-refractivity contribution is 7.13. The molecule has 1 aromatic carbocycles. The van der Waals surface area contributed by atoms with E-state index in [1.807, 2.05) is 38.1 Å². The van der Waals surface area contributed by atoms with Gasteiger partial charge in [0.2, 0.25) is 0 Å². The first kappa shape index (κ1) is 16.5. The lowest BCUT2D eigenvalue weighted by molar-refractivity contribution is 0.0939. The molecule has 1 heterocycles. The molecule has 2 aromatic rings. The number of benzene rings is 1. The second-order valence-electron chi connectivity index (χ2n) is 5.03. The molecule has 118 valence electrons. The van der Waals surface area contributed by atoms with Crippen molar-refractivity contribution in [3.63, 3.8) is 0 Å². The molecule has 2 rings (SSSR count). The van der Waals surface area contributed by atoms with Gasteiger partial charge in [-0.1, -0.05) is 0 Å². The predicted octanol–water partition coefficient (Wildman–Crippen LogP) is 2.97. The molecule has 1 aromatic heterocycles. The Morgan fingerprint density at radius 3 is 2.64 bits per heavy atom. The number of carbonyl (C=O) groups excluding carboxylic acids is 1. The maximum Gasteiger partial charge on any atom is 0.270 e. The van der Waals surface area contributed by atoms with Gasteiger partial charge < -0.3 is 14.8 Å². The van der Waals surface area contributed by atoms with Crippen molar-refractivity contribution in [2.75, 3.05) is 20.3 Å². The quantitative estimate of drug-likeness (QED) is 0.797. The van der Waals surface area contributed by atoms with Gasteiger partial charge in [0.05, 0.1) is 6.61 Å². The normalized spacial score (nSPS) is 10.7. The minimum Gasteiger partial charge on any atom is -0.491 e. The smallest absolute Gasteiger partial charge is 0.270 e. The van der Waals surface area contributed by atoms with Crippen LogP contribution < -0.4 is 10.1 Å². The van der Waals surface area contributed by atoms with Gasteiger partial charge in [-0.15, -0.1) is 11.3 Å². The highest BCUT2D eigenvalue weighted by Crippen LogP contribution is 2.25. The monoisotopic (exact) mass is 320 g/mol. The van der Waals surface area contributed by atoms with Crippen LogP contribution in [0.25, 0.3) is 10.6 Å². The van der Waals surface area contributed by atoms with E-state index < -0.39 is 0 Å². The Morgan fingerprint density at radius 2 is 2.00 bits per heavy atom. The summed E-state index contributed by atoms with van der Waals surface area (Å²) in [5.74, 6) is 0.646. The number of rotatable bonds is 7. The Kier molecular flexibility index (Phi) is 5.91. The maximum atomic E-state index is 11.9. The molecule has 0 aliphatic carbocycles. The van der Waals surface area contributed by atoms with Gasteiger partial charge >= 0.3 is 0 Å². The molecular weight excluding hydrogens is 300 g/mol.